The van der Waals surface area contributed by atoms with Crippen LogP contribution in [0, 0.1) is 5.92 Å². The quantitative estimate of drug-likeness (QED) is 0.774. The summed E-state index contributed by atoms with van der Waals surface area (Å²) in [5.74, 6) is 0.886. The van der Waals surface area contributed by atoms with Crippen molar-refractivity contribution in [3.05, 3.63) is 29.8 Å². The first kappa shape index (κ1) is 15.7. The molecule has 114 valence electrons. The molecule has 5 nitrogen and oxygen atoms in total. The molecule has 0 atom stereocenters. The molecule has 1 amide bonds. The Morgan fingerprint density at radius 2 is 2.10 bits per heavy atom. The van der Waals surface area contributed by atoms with Gasteiger partial charge in [0.2, 0.25) is 0 Å². The monoisotopic (exact) mass is 308 g/mol. The average molecular weight is 308 g/mol. The van der Waals surface area contributed by atoms with Crippen LogP contribution < -0.4 is 15.8 Å². The highest BCUT2D eigenvalue weighted by molar-refractivity contribution is 7.80. The van der Waals surface area contributed by atoms with Gasteiger partial charge in [-0.2, -0.15) is 0 Å². The summed E-state index contributed by atoms with van der Waals surface area (Å²) in [7, 11) is 0. The minimum atomic E-state index is -0.140. The lowest BCUT2D eigenvalue weighted by Crippen LogP contribution is -2.35. The summed E-state index contributed by atoms with van der Waals surface area (Å²) in [5.41, 5.74) is 6.26. The van der Waals surface area contributed by atoms with Gasteiger partial charge in [0.05, 0.1) is 5.56 Å². The van der Waals surface area contributed by atoms with Crippen molar-refractivity contribution in [2.24, 2.45) is 11.7 Å². The van der Waals surface area contributed by atoms with E-state index in [4.69, 9.17) is 27.4 Å². The summed E-state index contributed by atoms with van der Waals surface area (Å²) in [4.78, 5) is 12.1. The molecule has 0 aliphatic carbocycles. The van der Waals surface area contributed by atoms with Crippen LogP contribution >= 0.6 is 12.2 Å². The van der Waals surface area contributed by atoms with Crippen molar-refractivity contribution in [2.45, 2.75) is 12.8 Å². The summed E-state index contributed by atoms with van der Waals surface area (Å²) < 4.78 is 10.8. The van der Waals surface area contributed by atoms with Gasteiger partial charge < -0.3 is 20.5 Å². The van der Waals surface area contributed by atoms with Gasteiger partial charge in [0, 0.05) is 19.8 Å². The van der Waals surface area contributed by atoms with Crippen LogP contribution in [0.15, 0.2) is 24.3 Å². The molecule has 1 aromatic carbocycles. The van der Waals surface area contributed by atoms with Crippen molar-refractivity contribution < 1.29 is 14.3 Å². The molecule has 21 heavy (non-hydrogen) atoms. The Morgan fingerprint density at radius 1 is 1.38 bits per heavy atom. The zero-order valence-corrected chi connectivity index (χ0v) is 12.7. The van der Waals surface area contributed by atoms with Crippen LogP contribution in [0.5, 0.6) is 5.75 Å². The van der Waals surface area contributed by atoms with Gasteiger partial charge in [-0.3, -0.25) is 4.79 Å². The van der Waals surface area contributed by atoms with Crippen molar-refractivity contribution in [3.63, 3.8) is 0 Å². The summed E-state index contributed by atoms with van der Waals surface area (Å²) in [6, 6.07) is 7.17. The Labute approximate surface area is 129 Å². The third-order valence-corrected chi connectivity index (χ3v) is 3.66. The minimum absolute atomic E-state index is 0.0388. The lowest BCUT2D eigenvalue weighted by atomic mass is 10.0. The van der Waals surface area contributed by atoms with Gasteiger partial charge in [-0.05, 0) is 30.9 Å². The first-order valence-corrected chi connectivity index (χ1v) is 7.43. The fourth-order valence-corrected chi connectivity index (χ4v) is 2.37. The van der Waals surface area contributed by atoms with E-state index >= 15 is 0 Å². The molecule has 0 spiro atoms. The van der Waals surface area contributed by atoms with Crippen molar-refractivity contribution >= 4 is 23.1 Å². The van der Waals surface area contributed by atoms with Crippen molar-refractivity contribution in [1.82, 2.24) is 5.32 Å². The van der Waals surface area contributed by atoms with E-state index in [9.17, 15) is 4.79 Å². The van der Waals surface area contributed by atoms with Crippen LogP contribution in [0.4, 0.5) is 0 Å². The minimum Gasteiger partial charge on any atom is -0.483 e. The predicted octanol–water partition coefficient (Wildman–Crippen LogP) is 1.24. The number of para-hydroxylation sites is 1. The lowest BCUT2D eigenvalue weighted by Gasteiger charge is -2.22. The molecule has 1 fully saturated rings. The molecule has 0 radical (unpaired) electrons. The summed E-state index contributed by atoms with van der Waals surface area (Å²) >= 11 is 4.95. The molecule has 2 rings (SSSR count). The van der Waals surface area contributed by atoms with Gasteiger partial charge in [0.15, 0.2) is 6.61 Å². The maximum absolute atomic E-state index is 11.8. The zero-order valence-electron chi connectivity index (χ0n) is 11.8. The third-order valence-electron chi connectivity index (χ3n) is 3.44. The Balaban J connectivity index is 1.77. The number of nitrogens with two attached hydrogens (primary N) is 1. The zero-order chi connectivity index (χ0) is 15.1. The predicted molar refractivity (Wildman–Crippen MR) is 84.4 cm³/mol. The van der Waals surface area contributed by atoms with Crippen LogP contribution in [-0.4, -0.2) is 37.3 Å². The number of carbonyl (C=O) groups excluding carboxylic acids is 1. The van der Waals surface area contributed by atoms with E-state index in [0.29, 0.717) is 23.8 Å². The Bertz CT molecular complexity index is 501. The molecule has 0 saturated carbocycles. The SMILES string of the molecule is NC(=S)c1ccccc1OCC(=O)NCC1CCOCC1. The van der Waals surface area contributed by atoms with Crippen molar-refractivity contribution in [2.75, 3.05) is 26.4 Å². The average Bonchev–Trinajstić information content (AvgIpc) is 2.52. The van der Waals surface area contributed by atoms with Crippen molar-refractivity contribution in [1.29, 1.82) is 0 Å². The molecular formula is C15H20N2O3S. The maximum Gasteiger partial charge on any atom is 0.257 e. The van der Waals surface area contributed by atoms with E-state index in [1.165, 1.54) is 0 Å². The number of benzene rings is 1. The Hall–Kier alpha value is -1.66. The number of hydrogen-bond donors (Lipinski definition) is 2. The van der Waals surface area contributed by atoms with Gasteiger partial charge in [-0.25, -0.2) is 0 Å². The maximum atomic E-state index is 11.8. The van der Waals surface area contributed by atoms with E-state index in [2.05, 4.69) is 5.32 Å². The van der Waals surface area contributed by atoms with E-state index in [-0.39, 0.29) is 17.5 Å². The molecule has 6 heteroatoms. The number of hydrogen-bond acceptors (Lipinski definition) is 4. The van der Waals surface area contributed by atoms with Gasteiger partial charge in [0.25, 0.3) is 5.91 Å². The van der Waals surface area contributed by atoms with Crippen LogP contribution in [0.25, 0.3) is 0 Å². The van der Waals surface area contributed by atoms with E-state index in [1.54, 1.807) is 12.1 Å². The standard InChI is InChI=1S/C15H20N2O3S/c16-15(21)12-3-1-2-4-13(12)20-10-14(18)17-9-11-5-7-19-8-6-11/h1-4,11H,5-10H2,(H2,16,21)(H,17,18). The van der Waals surface area contributed by atoms with Gasteiger partial charge in [-0.15, -0.1) is 0 Å². The number of carbonyl (C=O) groups is 1. The Kier molecular flexibility index (Phi) is 5.95. The van der Waals surface area contributed by atoms with Gasteiger partial charge >= 0.3 is 0 Å². The highest BCUT2D eigenvalue weighted by Gasteiger charge is 2.15. The first-order valence-electron chi connectivity index (χ1n) is 7.03. The fourth-order valence-electron chi connectivity index (χ4n) is 2.20. The number of thiocarbonyl (C=S) groups is 1. The summed E-state index contributed by atoms with van der Waals surface area (Å²) in [5, 5.41) is 2.89. The second-order valence-electron chi connectivity index (χ2n) is 5.01. The summed E-state index contributed by atoms with van der Waals surface area (Å²) in [6.07, 6.45) is 1.98. The second kappa shape index (κ2) is 7.95. The molecule has 1 heterocycles. The first-order chi connectivity index (χ1) is 10.2. The second-order valence-corrected chi connectivity index (χ2v) is 5.45. The number of rotatable bonds is 6. The lowest BCUT2D eigenvalue weighted by molar-refractivity contribution is -0.123. The molecule has 0 aromatic heterocycles. The highest BCUT2D eigenvalue weighted by atomic mass is 32.1. The Morgan fingerprint density at radius 3 is 2.81 bits per heavy atom. The molecule has 1 aliphatic heterocycles. The van der Waals surface area contributed by atoms with Crippen LogP contribution in [0.3, 0.4) is 0 Å². The normalized spacial score (nSPS) is 15.4. The molecule has 0 bridgehead atoms. The summed E-state index contributed by atoms with van der Waals surface area (Å²) in [6.45, 7) is 2.18. The molecular weight excluding hydrogens is 288 g/mol. The molecule has 0 unspecified atom stereocenters. The smallest absolute Gasteiger partial charge is 0.257 e. The fraction of sp³-hybridized carbons (Fsp3) is 0.467. The molecule has 1 aromatic rings. The van der Waals surface area contributed by atoms with Crippen LogP contribution in [-0.2, 0) is 9.53 Å². The van der Waals surface area contributed by atoms with E-state index in [0.717, 1.165) is 26.1 Å². The third kappa shape index (κ3) is 4.99. The molecule has 3 N–H and O–H groups in total. The van der Waals surface area contributed by atoms with Gasteiger partial charge in [0.1, 0.15) is 10.7 Å². The highest BCUT2D eigenvalue weighted by Crippen LogP contribution is 2.17. The van der Waals surface area contributed by atoms with Crippen molar-refractivity contribution in [3.8, 4) is 5.75 Å². The topological polar surface area (TPSA) is 73.6 Å². The molecule has 1 saturated heterocycles. The van der Waals surface area contributed by atoms with E-state index in [1.807, 2.05) is 12.1 Å². The largest absolute Gasteiger partial charge is 0.483 e. The van der Waals surface area contributed by atoms with Crippen LogP contribution in [0.2, 0.25) is 0 Å². The number of amides is 1. The number of ether oxygens (including phenoxy) is 2. The van der Waals surface area contributed by atoms with Crippen LogP contribution in [0.1, 0.15) is 18.4 Å². The van der Waals surface area contributed by atoms with Gasteiger partial charge in [-0.1, -0.05) is 24.4 Å². The molecule has 1 aliphatic rings. The van der Waals surface area contributed by atoms with E-state index < -0.39 is 0 Å². The number of nitrogens with one attached hydrogen (secondary N) is 1.